The Morgan fingerprint density at radius 3 is 2.81 bits per heavy atom. The van der Waals surface area contributed by atoms with E-state index in [9.17, 15) is 4.39 Å². The van der Waals surface area contributed by atoms with E-state index in [0.29, 0.717) is 29.7 Å². The molecule has 1 saturated heterocycles. The Balaban J connectivity index is 0.00000261. The van der Waals surface area contributed by atoms with E-state index in [1.54, 1.807) is 25.3 Å². The highest BCUT2D eigenvalue weighted by Crippen LogP contribution is 2.37. The lowest BCUT2D eigenvalue weighted by atomic mass is 10.2. The first-order valence-electron chi connectivity index (χ1n) is 8.72. The van der Waals surface area contributed by atoms with E-state index in [2.05, 4.69) is 21.2 Å². The molecule has 2 aromatic carbocycles. The van der Waals surface area contributed by atoms with Crippen LogP contribution in [0.2, 0.25) is 0 Å². The normalized spacial score (nSPS) is 16.0. The zero-order chi connectivity index (χ0) is 18.4. The predicted octanol–water partition coefficient (Wildman–Crippen LogP) is 4.87. The van der Waals surface area contributed by atoms with Gasteiger partial charge in [0.25, 0.3) is 0 Å². The lowest BCUT2D eigenvalue weighted by Crippen LogP contribution is -2.25. The van der Waals surface area contributed by atoms with Crippen LogP contribution in [0.5, 0.6) is 11.5 Å². The van der Waals surface area contributed by atoms with Gasteiger partial charge in [-0.1, -0.05) is 18.2 Å². The van der Waals surface area contributed by atoms with Crippen molar-refractivity contribution in [2.75, 3.05) is 20.3 Å². The SMILES string of the molecule is COc1cc(CNCC2CCCO2)cc(Br)c1OCc1ccccc1F.Cl. The van der Waals surface area contributed by atoms with Crippen molar-refractivity contribution in [1.29, 1.82) is 0 Å². The Morgan fingerprint density at radius 2 is 2.11 bits per heavy atom. The molecule has 4 nitrogen and oxygen atoms in total. The van der Waals surface area contributed by atoms with Gasteiger partial charge < -0.3 is 19.5 Å². The molecule has 7 heteroatoms. The third-order valence-electron chi connectivity index (χ3n) is 4.34. The molecule has 2 aromatic rings. The largest absolute Gasteiger partial charge is 0.493 e. The van der Waals surface area contributed by atoms with Gasteiger partial charge in [-0.05, 0) is 52.5 Å². The first-order valence-corrected chi connectivity index (χ1v) is 9.51. The minimum atomic E-state index is -0.280. The second kappa shape index (κ2) is 10.9. The molecule has 148 valence electrons. The summed E-state index contributed by atoms with van der Waals surface area (Å²) in [5, 5.41) is 3.42. The van der Waals surface area contributed by atoms with Crippen LogP contribution in [0.25, 0.3) is 0 Å². The van der Waals surface area contributed by atoms with Gasteiger partial charge >= 0.3 is 0 Å². The van der Waals surface area contributed by atoms with Gasteiger partial charge in [-0.3, -0.25) is 0 Å². The molecule has 1 fully saturated rings. The van der Waals surface area contributed by atoms with Crippen LogP contribution in [-0.4, -0.2) is 26.4 Å². The molecule has 1 N–H and O–H groups in total. The van der Waals surface area contributed by atoms with Crippen molar-refractivity contribution in [2.45, 2.75) is 32.1 Å². The maximum absolute atomic E-state index is 13.8. The number of halogens is 3. The molecule has 3 rings (SSSR count). The topological polar surface area (TPSA) is 39.7 Å². The molecule has 0 radical (unpaired) electrons. The summed E-state index contributed by atoms with van der Waals surface area (Å²) in [4.78, 5) is 0. The van der Waals surface area contributed by atoms with E-state index in [0.717, 1.165) is 36.0 Å². The molecular weight excluding hydrogens is 437 g/mol. The maximum Gasteiger partial charge on any atom is 0.175 e. The lowest BCUT2D eigenvalue weighted by molar-refractivity contribution is 0.110. The van der Waals surface area contributed by atoms with Crippen LogP contribution in [0.15, 0.2) is 40.9 Å². The summed E-state index contributed by atoms with van der Waals surface area (Å²) in [6, 6.07) is 10.5. The number of rotatable bonds is 8. The number of benzene rings is 2. The molecule has 0 aliphatic carbocycles. The fourth-order valence-electron chi connectivity index (χ4n) is 2.96. The summed E-state index contributed by atoms with van der Waals surface area (Å²) in [6.45, 7) is 2.55. The average molecular weight is 461 g/mol. The van der Waals surface area contributed by atoms with Crippen molar-refractivity contribution in [1.82, 2.24) is 5.32 Å². The molecule has 1 aliphatic heterocycles. The van der Waals surface area contributed by atoms with Gasteiger partial charge in [-0.2, -0.15) is 0 Å². The lowest BCUT2D eigenvalue weighted by Gasteiger charge is -2.16. The zero-order valence-electron chi connectivity index (χ0n) is 15.2. The van der Waals surface area contributed by atoms with Crippen LogP contribution in [0.1, 0.15) is 24.0 Å². The monoisotopic (exact) mass is 459 g/mol. The van der Waals surface area contributed by atoms with Crippen molar-refractivity contribution in [3.05, 3.63) is 57.8 Å². The Kier molecular flexibility index (Phi) is 8.83. The van der Waals surface area contributed by atoms with E-state index in [-0.39, 0.29) is 24.8 Å². The molecule has 0 spiro atoms. The predicted molar refractivity (Wildman–Crippen MR) is 109 cm³/mol. The summed E-state index contributed by atoms with van der Waals surface area (Å²) in [5.41, 5.74) is 1.58. The van der Waals surface area contributed by atoms with E-state index >= 15 is 0 Å². The van der Waals surface area contributed by atoms with E-state index in [1.807, 2.05) is 12.1 Å². The standard InChI is InChI=1S/C20H23BrFNO3.ClH/c1-24-19-10-14(11-23-12-16-6-4-8-25-16)9-17(21)20(19)26-13-15-5-2-3-7-18(15)22;/h2-3,5,7,9-10,16,23H,4,6,8,11-13H2,1H3;1H. The van der Waals surface area contributed by atoms with Crippen molar-refractivity contribution in [3.8, 4) is 11.5 Å². The van der Waals surface area contributed by atoms with Gasteiger partial charge in [-0.15, -0.1) is 12.4 Å². The second-order valence-electron chi connectivity index (χ2n) is 6.26. The second-order valence-corrected chi connectivity index (χ2v) is 7.11. The maximum atomic E-state index is 13.8. The van der Waals surface area contributed by atoms with Gasteiger partial charge in [0.15, 0.2) is 11.5 Å². The third-order valence-corrected chi connectivity index (χ3v) is 4.93. The van der Waals surface area contributed by atoms with Gasteiger partial charge in [0.05, 0.1) is 17.7 Å². The average Bonchev–Trinajstić information content (AvgIpc) is 3.15. The number of methoxy groups -OCH3 is 1. The van der Waals surface area contributed by atoms with Crippen LogP contribution >= 0.6 is 28.3 Å². The van der Waals surface area contributed by atoms with Crippen LogP contribution in [0, 0.1) is 5.82 Å². The number of hydrogen-bond acceptors (Lipinski definition) is 4. The summed E-state index contributed by atoms with van der Waals surface area (Å²) in [7, 11) is 1.60. The molecular formula is C20H24BrClFNO3. The molecule has 1 unspecified atom stereocenters. The highest BCUT2D eigenvalue weighted by Gasteiger charge is 2.16. The number of nitrogens with one attached hydrogen (secondary N) is 1. The van der Waals surface area contributed by atoms with Crippen LogP contribution in [0.4, 0.5) is 4.39 Å². The molecule has 1 atom stereocenters. The first-order chi connectivity index (χ1) is 12.7. The highest BCUT2D eigenvalue weighted by atomic mass is 79.9. The summed E-state index contributed by atoms with van der Waals surface area (Å²) in [5.74, 6) is 0.904. The molecule has 0 amide bonds. The Hall–Kier alpha value is -1.34. The van der Waals surface area contributed by atoms with E-state index in [1.165, 1.54) is 6.07 Å². The van der Waals surface area contributed by atoms with Crippen LogP contribution in [-0.2, 0) is 17.9 Å². The van der Waals surface area contributed by atoms with Gasteiger partial charge in [0, 0.05) is 25.3 Å². The Bertz CT molecular complexity index is 741. The highest BCUT2D eigenvalue weighted by molar-refractivity contribution is 9.10. The smallest absolute Gasteiger partial charge is 0.175 e. The molecule has 0 aromatic heterocycles. The van der Waals surface area contributed by atoms with Crippen LogP contribution < -0.4 is 14.8 Å². The molecule has 1 heterocycles. The zero-order valence-corrected chi connectivity index (χ0v) is 17.6. The number of ether oxygens (including phenoxy) is 3. The van der Waals surface area contributed by atoms with Gasteiger partial charge in [0.1, 0.15) is 12.4 Å². The molecule has 0 bridgehead atoms. The molecule has 0 saturated carbocycles. The van der Waals surface area contributed by atoms with Gasteiger partial charge in [0.2, 0.25) is 0 Å². The van der Waals surface area contributed by atoms with Crippen molar-refractivity contribution in [2.24, 2.45) is 0 Å². The van der Waals surface area contributed by atoms with E-state index < -0.39 is 0 Å². The van der Waals surface area contributed by atoms with E-state index in [4.69, 9.17) is 14.2 Å². The number of hydrogen-bond donors (Lipinski definition) is 1. The Labute approximate surface area is 173 Å². The minimum absolute atomic E-state index is 0. The fourth-order valence-corrected chi connectivity index (χ4v) is 3.57. The first kappa shape index (κ1) is 22.0. The fraction of sp³-hybridized carbons (Fsp3) is 0.400. The summed E-state index contributed by atoms with van der Waals surface area (Å²) in [6.07, 6.45) is 2.56. The minimum Gasteiger partial charge on any atom is -0.493 e. The summed E-state index contributed by atoms with van der Waals surface area (Å²) < 4.78 is 31.4. The van der Waals surface area contributed by atoms with Crippen LogP contribution in [0.3, 0.4) is 0 Å². The third kappa shape index (κ3) is 6.07. The Morgan fingerprint density at radius 1 is 1.30 bits per heavy atom. The van der Waals surface area contributed by atoms with Crippen molar-refractivity contribution in [3.63, 3.8) is 0 Å². The van der Waals surface area contributed by atoms with Crippen molar-refractivity contribution >= 4 is 28.3 Å². The molecule has 1 aliphatic rings. The van der Waals surface area contributed by atoms with Gasteiger partial charge in [-0.25, -0.2) is 4.39 Å². The van der Waals surface area contributed by atoms with Crippen molar-refractivity contribution < 1.29 is 18.6 Å². The quantitative estimate of drug-likeness (QED) is 0.610. The summed E-state index contributed by atoms with van der Waals surface area (Å²) >= 11 is 3.54. The molecule has 27 heavy (non-hydrogen) atoms.